The number of hydrogen-bond acceptors (Lipinski definition) is 4. The number of carbonyl (C=O) groups excluding carboxylic acids is 1. The van der Waals surface area contributed by atoms with E-state index < -0.39 is 17.9 Å². The van der Waals surface area contributed by atoms with Crippen molar-refractivity contribution >= 4 is 18.0 Å². The van der Waals surface area contributed by atoms with Gasteiger partial charge in [-0.15, -0.1) is 0 Å². The zero-order chi connectivity index (χ0) is 15.2. The van der Waals surface area contributed by atoms with E-state index in [-0.39, 0.29) is 6.42 Å². The lowest BCUT2D eigenvalue weighted by atomic mass is 10.1. The first kappa shape index (κ1) is 14.6. The van der Waals surface area contributed by atoms with E-state index in [1.807, 2.05) is 0 Å². The van der Waals surface area contributed by atoms with E-state index in [1.54, 1.807) is 19.1 Å². The van der Waals surface area contributed by atoms with Gasteiger partial charge in [-0.1, -0.05) is 0 Å². The summed E-state index contributed by atoms with van der Waals surface area (Å²) < 4.78 is 5.28. The van der Waals surface area contributed by atoms with Gasteiger partial charge in [0.1, 0.15) is 17.6 Å². The minimum atomic E-state index is -1.11. The summed E-state index contributed by atoms with van der Waals surface area (Å²) >= 11 is 0. The van der Waals surface area contributed by atoms with Gasteiger partial charge in [-0.05, 0) is 25.1 Å². The van der Waals surface area contributed by atoms with E-state index in [1.165, 1.54) is 24.7 Å². The first-order valence-corrected chi connectivity index (χ1v) is 6.29. The predicted octanol–water partition coefficient (Wildman–Crippen LogP) is 1.14. The van der Waals surface area contributed by atoms with Crippen LogP contribution in [0.2, 0.25) is 0 Å². The second kappa shape index (κ2) is 6.56. The van der Waals surface area contributed by atoms with Crippen molar-refractivity contribution in [3.8, 4) is 0 Å². The highest BCUT2D eigenvalue weighted by Crippen LogP contribution is 2.07. The van der Waals surface area contributed by atoms with Gasteiger partial charge in [0, 0.05) is 24.4 Å². The van der Waals surface area contributed by atoms with Crippen LogP contribution >= 0.6 is 0 Å². The van der Waals surface area contributed by atoms with Crippen molar-refractivity contribution in [3.05, 3.63) is 47.9 Å². The number of aryl methyl sites for hydroxylation is 1. The summed E-state index contributed by atoms with van der Waals surface area (Å²) in [6.45, 7) is 1.79. The Balaban J connectivity index is 1.95. The number of imidazole rings is 1. The zero-order valence-electron chi connectivity index (χ0n) is 11.4. The molecule has 1 amide bonds. The largest absolute Gasteiger partial charge is 0.480 e. The molecule has 110 valence electrons. The average molecular weight is 289 g/mol. The number of aromatic amines is 1. The summed E-state index contributed by atoms with van der Waals surface area (Å²) in [5, 5.41) is 11.5. The molecule has 7 heteroatoms. The number of carbonyl (C=O) groups is 2. The first-order chi connectivity index (χ1) is 10.0. The number of H-pyrrole nitrogens is 1. The number of nitrogens with zero attached hydrogens (tertiary/aromatic N) is 1. The number of rotatable bonds is 6. The zero-order valence-corrected chi connectivity index (χ0v) is 11.4. The summed E-state index contributed by atoms with van der Waals surface area (Å²) in [5.74, 6) is -0.350. The smallest absolute Gasteiger partial charge is 0.326 e. The molecule has 0 aliphatic heterocycles. The molecule has 0 spiro atoms. The first-order valence-electron chi connectivity index (χ1n) is 6.29. The quantitative estimate of drug-likeness (QED) is 0.691. The summed E-state index contributed by atoms with van der Waals surface area (Å²) in [7, 11) is 0. The van der Waals surface area contributed by atoms with E-state index in [0.717, 1.165) is 5.76 Å². The molecule has 2 rings (SSSR count). The molecule has 21 heavy (non-hydrogen) atoms. The van der Waals surface area contributed by atoms with Crippen molar-refractivity contribution in [2.45, 2.75) is 19.4 Å². The third-order valence-corrected chi connectivity index (χ3v) is 2.75. The molecule has 0 saturated carbocycles. The molecular formula is C14H15N3O4. The lowest BCUT2D eigenvalue weighted by molar-refractivity contribution is -0.141. The van der Waals surface area contributed by atoms with Crippen LogP contribution in [0.15, 0.2) is 35.2 Å². The maximum absolute atomic E-state index is 11.7. The maximum Gasteiger partial charge on any atom is 0.326 e. The Morgan fingerprint density at radius 2 is 2.33 bits per heavy atom. The SMILES string of the molecule is Cc1ccc(/C=C/C(=O)N[C@H](Cc2cnc[nH]2)C(=O)O)o1. The van der Waals surface area contributed by atoms with Crippen LogP contribution in [-0.2, 0) is 16.0 Å². The highest BCUT2D eigenvalue weighted by Gasteiger charge is 2.19. The summed E-state index contributed by atoms with van der Waals surface area (Å²) in [6, 6.07) is 2.47. The third-order valence-electron chi connectivity index (χ3n) is 2.75. The molecule has 0 saturated heterocycles. The molecular weight excluding hydrogens is 274 g/mol. The number of carboxylic acids is 1. The van der Waals surface area contributed by atoms with Crippen LogP contribution in [0.25, 0.3) is 6.08 Å². The summed E-state index contributed by atoms with van der Waals surface area (Å²) in [6.07, 6.45) is 5.83. The number of furan rings is 1. The number of carboxylic acid groups (broad SMARTS) is 1. The van der Waals surface area contributed by atoms with Gasteiger partial charge >= 0.3 is 5.97 Å². The average Bonchev–Trinajstić information content (AvgIpc) is 3.07. The molecule has 0 unspecified atom stereocenters. The molecule has 0 aliphatic rings. The van der Waals surface area contributed by atoms with E-state index in [0.29, 0.717) is 11.5 Å². The molecule has 0 radical (unpaired) electrons. The normalized spacial score (nSPS) is 12.4. The standard InChI is InChI=1S/C14H15N3O4/c1-9-2-3-11(21-9)4-5-13(18)17-12(14(19)20)6-10-7-15-8-16-10/h2-5,7-8,12H,6H2,1H3,(H,15,16)(H,17,18)(H,19,20)/b5-4+/t12-/m1/s1. The maximum atomic E-state index is 11.7. The van der Waals surface area contributed by atoms with E-state index in [4.69, 9.17) is 9.52 Å². The lowest BCUT2D eigenvalue weighted by Gasteiger charge is -2.11. The van der Waals surface area contributed by atoms with Crippen LogP contribution < -0.4 is 5.32 Å². The summed E-state index contributed by atoms with van der Waals surface area (Å²) in [5.41, 5.74) is 0.633. The van der Waals surface area contributed by atoms with E-state index >= 15 is 0 Å². The minimum Gasteiger partial charge on any atom is -0.480 e. The van der Waals surface area contributed by atoms with Crippen molar-refractivity contribution in [1.29, 1.82) is 0 Å². The van der Waals surface area contributed by atoms with Crippen LogP contribution in [0, 0.1) is 6.92 Å². The predicted molar refractivity (Wildman–Crippen MR) is 74.3 cm³/mol. The topological polar surface area (TPSA) is 108 Å². The number of aliphatic carboxylic acids is 1. The summed E-state index contributed by atoms with van der Waals surface area (Å²) in [4.78, 5) is 29.5. The van der Waals surface area contributed by atoms with Gasteiger partial charge in [0.2, 0.25) is 5.91 Å². The van der Waals surface area contributed by atoms with Gasteiger partial charge in [-0.2, -0.15) is 0 Å². The molecule has 2 aromatic rings. The van der Waals surface area contributed by atoms with Crippen molar-refractivity contribution in [2.24, 2.45) is 0 Å². The molecule has 1 atom stereocenters. The molecule has 7 nitrogen and oxygen atoms in total. The van der Waals surface area contributed by atoms with Crippen LogP contribution in [0.3, 0.4) is 0 Å². The van der Waals surface area contributed by atoms with Crippen LogP contribution in [0.4, 0.5) is 0 Å². The molecule has 0 fully saturated rings. The van der Waals surface area contributed by atoms with Gasteiger partial charge in [0.15, 0.2) is 0 Å². The minimum absolute atomic E-state index is 0.134. The fourth-order valence-electron chi connectivity index (χ4n) is 1.74. The van der Waals surface area contributed by atoms with Crippen LogP contribution in [-0.4, -0.2) is 33.0 Å². The second-order valence-electron chi connectivity index (χ2n) is 4.46. The van der Waals surface area contributed by atoms with Crippen LogP contribution in [0.1, 0.15) is 17.2 Å². The Bertz CT molecular complexity index is 643. The van der Waals surface area contributed by atoms with Gasteiger partial charge in [0.05, 0.1) is 6.33 Å². The number of amides is 1. The van der Waals surface area contributed by atoms with Gasteiger partial charge in [-0.3, -0.25) is 4.79 Å². The van der Waals surface area contributed by atoms with Gasteiger partial charge < -0.3 is 19.8 Å². The Labute approximate surface area is 120 Å². The monoisotopic (exact) mass is 289 g/mol. The fourth-order valence-corrected chi connectivity index (χ4v) is 1.74. The lowest BCUT2D eigenvalue weighted by Crippen LogP contribution is -2.41. The molecule has 2 heterocycles. The molecule has 0 aliphatic carbocycles. The van der Waals surface area contributed by atoms with Crippen molar-refractivity contribution in [3.63, 3.8) is 0 Å². The van der Waals surface area contributed by atoms with Gasteiger partial charge in [-0.25, -0.2) is 9.78 Å². The Morgan fingerprint density at radius 3 is 2.90 bits per heavy atom. The highest BCUT2D eigenvalue weighted by molar-refractivity contribution is 5.94. The van der Waals surface area contributed by atoms with Crippen molar-refractivity contribution < 1.29 is 19.1 Å². The molecule has 3 N–H and O–H groups in total. The number of aromatic nitrogens is 2. The van der Waals surface area contributed by atoms with Crippen LogP contribution in [0.5, 0.6) is 0 Å². The number of nitrogens with one attached hydrogen (secondary N) is 2. The molecule has 0 bridgehead atoms. The van der Waals surface area contributed by atoms with Crippen molar-refractivity contribution in [1.82, 2.24) is 15.3 Å². The highest BCUT2D eigenvalue weighted by atomic mass is 16.4. The van der Waals surface area contributed by atoms with Crippen molar-refractivity contribution in [2.75, 3.05) is 0 Å². The van der Waals surface area contributed by atoms with Gasteiger partial charge in [0.25, 0.3) is 0 Å². The third kappa shape index (κ3) is 4.34. The van der Waals surface area contributed by atoms with E-state index in [2.05, 4.69) is 15.3 Å². The Kier molecular flexibility index (Phi) is 4.55. The molecule has 2 aromatic heterocycles. The second-order valence-corrected chi connectivity index (χ2v) is 4.46. The van der Waals surface area contributed by atoms with E-state index in [9.17, 15) is 9.59 Å². The molecule has 0 aromatic carbocycles. The Hall–Kier alpha value is -2.83. The Morgan fingerprint density at radius 1 is 1.52 bits per heavy atom. The fraction of sp³-hybridized carbons (Fsp3) is 0.214. The number of hydrogen-bond donors (Lipinski definition) is 3.